The molecule has 0 heterocycles. The highest BCUT2D eigenvalue weighted by molar-refractivity contribution is 9.10. The zero-order chi connectivity index (χ0) is 13.5. The molecule has 0 spiro atoms. The summed E-state index contributed by atoms with van der Waals surface area (Å²) in [7, 11) is 0. The second kappa shape index (κ2) is 7.95. The fourth-order valence-electron chi connectivity index (χ4n) is 1.62. The molecule has 1 atom stereocenters. The van der Waals surface area contributed by atoms with E-state index < -0.39 is 0 Å². The predicted molar refractivity (Wildman–Crippen MR) is 83.4 cm³/mol. The Hall–Kier alpha value is -0.350. The van der Waals surface area contributed by atoms with E-state index in [0.717, 1.165) is 40.3 Å². The van der Waals surface area contributed by atoms with Crippen LogP contribution < -0.4 is 5.32 Å². The maximum Gasteiger partial charge on any atom is 0.251 e. The Bertz CT molecular complexity index is 407. The molecule has 0 aliphatic carbocycles. The van der Waals surface area contributed by atoms with Crippen LogP contribution in [0.5, 0.6) is 0 Å². The third kappa shape index (κ3) is 5.11. The van der Waals surface area contributed by atoms with Gasteiger partial charge in [-0.3, -0.25) is 4.79 Å². The van der Waals surface area contributed by atoms with Gasteiger partial charge in [0.2, 0.25) is 0 Å². The molecule has 1 aromatic rings. The van der Waals surface area contributed by atoms with E-state index in [2.05, 4.69) is 44.1 Å². The van der Waals surface area contributed by atoms with E-state index in [-0.39, 0.29) is 5.91 Å². The van der Waals surface area contributed by atoms with E-state index in [1.807, 2.05) is 25.1 Å². The summed E-state index contributed by atoms with van der Waals surface area (Å²) in [4.78, 5) is 11.9. The van der Waals surface area contributed by atoms with Gasteiger partial charge in [0.05, 0.1) is 0 Å². The predicted octanol–water partition coefficient (Wildman–Crippen LogP) is 4.30. The molecular formula is C14H19Br2NO. The lowest BCUT2D eigenvalue weighted by Gasteiger charge is -2.09. The minimum Gasteiger partial charge on any atom is -0.352 e. The van der Waals surface area contributed by atoms with Crippen LogP contribution in [0.25, 0.3) is 0 Å². The number of rotatable bonds is 6. The second-order valence-corrected chi connectivity index (χ2v) is 6.12. The van der Waals surface area contributed by atoms with Gasteiger partial charge in [-0.1, -0.05) is 38.8 Å². The third-order valence-corrected chi connectivity index (χ3v) is 4.84. The van der Waals surface area contributed by atoms with Crippen molar-refractivity contribution in [2.45, 2.75) is 26.7 Å². The summed E-state index contributed by atoms with van der Waals surface area (Å²) in [6, 6.07) is 5.66. The molecule has 4 heteroatoms. The Labute approximate surface area is 126 Å². The van der Waals surface area contributed by atoms with Crippen LogP contribution in [0, 0.1) is 12.8 Å². The van der Waals surface area contributed by atoms with Crippen molar-refractivity contribution in [2.24, 2.45) is 5.92 Å². The van der Waals surface area contributed by atoms with Crippen LogP contribution in [-0.4, -0.2) is 17.8 Å². The molecule has 0 radical (unpaired) electrons. The highest BCUT2D eigenvalue weighted by Crippen LogP contribution is 2.17. The summed E-state index contributed by atoms with van der Waals surface area (Å²) in [6.07, 6.45) is 2.15. The first-order valence-electron chi connectivity index (χ1n) is 6.15. The summed E-state index contributed by atoms with van der Waals surface area (Å²) in [6.45, 7) is 4.93. The quantitative estimate of drug-likeness (QED) is 0.582. The molecular weight excluding hydrogens is 358 g/mol. The van der Waals surface area contributed by atoms with Gasteiger partial charge < -0.3 is 5.32 Å². The molecule has 1 N–H and O–H groups in total. The van der Waals surface area contributed by atoms with Crippen molar-refractivity contribution < 1.29 is 4.79 Å². The van der Waals surface area contributed by atoms with E-state index in [4.69, 9.17) is 0 Å². The number of hydrogen-bond acceptors (Lipinski definition) is 1. The lowest BCUT2D eigenvalue weighted by molar-refractivity contribution is 0.0952. The molecule has 0 aliphatic heterocycles. The molecule has 1 rings (SSSR count). The van der Waals surface area contributed by atoms with Gasteiger partial charge in [-0.15, -0.1) is 0 Å². The van der Waals surface area contributed by atoms with Crippen molar-refractivity contribution in [3.63, 3.8) is 0 Å². The first-order chi connectivity index (χ1) is 8.54. The second-order valence-electron chi connectivity index (χ2n) is 4.62. The Balaban J connectivity index is 2.39. The monoisotopic (exact) mass is 375 g/mol. The average Bonchev–Trinajstić information content (AvgIpc) is 2.37. The first kappa shape index (κ1) is 15.7. The number of hydrogen-bond donors (Lipinski definition) is 1. The van der Waals surface area contributed by atoms with Gasteiger partial charge in [0.15, 0.2) is 0 Å². The van der Waals surface area contributed by atoms with Gasteiger partial charge in [0.25, 0.3) is 5.91 Å². The summed E-state index contributed by atoms with van der Waals surface area (Å²) in [5.74, 6) is 0.675. The van der Waals surface area contributed by atoms with Gasteiger partial charge in [-0.2, -0.15) is 0 Å². The Morgan fingerprint density at radius 2 is 2.17 bits per heavy atom. The fourth-order valence-corrected chi connectivity index (χ4v) is 2.19. The van der Waals surface area contributed by atoms with Gasteiger partial charge in [-0.25, -0.2) is 0 Å². The zero-order valence-corrected chi connectivity index (χ0v) is 14.0. The van der Waals surface area contributed by atoms with Crippen LogP contribution in [-0.2, 0) is 0 Å². The lowest BCUT2D eigenvalue weighted by atomic mass is 10.1. The number of nitrogens with one attached hydrogen (secondary N) is 1. The van der Waals surface area contributed by atoms with Crippen LogP contribution in [0.3, 0.4) is 0 Å². The number of halogens is 2. The van der Waals surface area contributed by atoms with E-state index in [1.165, 1.54) is 0 Å². The van der Waals surface area contributed by atoms with E-state index in [1.54, 1.807) is 0 Å². The Kier molecular flexibility index (Phi) is 6.94. The van der Waals surface area contributed by atoms with Crippen molar-refractivity contribution >= 4 is 37.8 Å². The van der Waals surface area contributed by atoms with Crippen LogP contribution >= 0.6 is 31.9 Å². The smallest absolute Gasteiger partial charge is 0.251 e. The molecule has 0 bridgehead atoms. The largest absolute Gasteiger partial charge is 0.352 e. The first-order valence-corrected chi connectivity index (χ1v) is 8.06. The molecule has 1 unspecified atom stereocenters. The zero-order valence-electron chi connectivity index (χ0n) is 10.8. The molecule has 100 valence electrons. The molecule has 0 saturated heterocycles. The molecule has 1 amide bonds. The van der Waals surface area contributed by atoms with E-state index in [9.17, 15) is 4.79 Å². The molecule has 0 aliphatic rings. The SMILES string of the molecule is Cc1cc(C(=O)NCCCC(C)CBr)ccc1Br. The van der Waals surface area contributed by atoms with Gasteiger partial charge >= 0.3 is 0 Å². The normalized spacial score (nSPS) is 12.2. The summed E-state index contributed by atoms with van der Waals surface area (Å²) in [5.41, 5.74) is 1.81. The van der Waals surface area contributed by atoms with Crippen LogP contribution in [0.4, 0.5) is 0 Å². The fraction of sp³-hybridized carbons (Fsp3) is 0.500. The number of aryl methyl sites for hydroxylation is 1. The van der Waals surface area contributed by atoms with Crippen molar-refractivity contribution in [1.29, 1.82) is 0 Å². The van der Waals surface area contributed by atoms with Crippen molar-refractivity contribution in [2.75, 3.05) is 11.9 Å². The maximum atomic E-state index is 11.9. The third-order valence-electron chi connectivity index (χ3n) is 2.84. The van der Waals surface area contributed by atoms with Gasteiger partial charge in [0, 0.05) is 21.9 Å². The number of carbonyl (C=O) groups is 1. The van der Waals surface area contributed by atoms with Crippen molar-refractivity contribution in [3.05, 3.63) is 33.8 Å². The molecule has 1 aromatic carbocycles. The van der Waals surface area contributed by atoms with Gasteiger partial charge in [0.1, 0.15) is 0 Å². The number of benzene rings is 1. The van der Waals surface area contributed by atoms with Crippen molar-refractivity contribution in [3.8, 4) is 0 Å². The minimum absolute atomic E-state index is 0.0112. The Morgan fingerprint density at radius 3 is 2.78 bits per heavy atom. The molecule has 0 saturated carbocycles. The number of amides is 1. The Morgan fingerprint density at radius 1 is 1.44 bits per heavy atom. The summed E-state index contributed by atoms with van der Waals surface area (Å²) in [5, 5.41) is 3.98. The molecule has 0 fully saturated rings. The van der Waals surface area contributed by atoms with E-state index >= 15 is 0 Å². The lowest BCUT2D eigenvalue weighted by Crippen LogP contribution is -2.24. The van der Waals surface area contributed by atoms with Gasteiger partial charge in [-0.05, 0) is 49.4 Å². The topological polar surface area (TPSA) is 29.1 Å². The average molecular weight is 377 g/mol. The summed E-state index contributed by atoms with van der Waals surface area (Å²) >= 11 is 6.89. The van der Waals surface area contributed by atoms with Crippen molar-refractivity contribution in [1.82, 2.24) is 5.32 Å². The number of alkyl halides is 1. The molecule has 0 aromatic heterocycles. The minimum atomic E-state index is 0.0112. The standard InChI is InChI=1S/C14H19Br2NO/c1-10(9-15)4-3-7-17-14(18)12-5-6-13(16)11(2)8-12/h5-6,8,10H,3-4,7,9H2,1-2H3,(H,17,18). The molecule has 2 nitrogen and oxygen atoms in total. The highest BCUT2D eigenvalue weighted by Gasteiger charge is 2.06. The maximum absolute atomic E-state index is 11.9. The molecule has 18 heavy (non-hydrogen) atoms. The van der Waals surface area contributed by atoms with Crippen LogP contribution in [0.15, 0.2) is 22.7 Å². The number of carbonyl (C=O) groups excluding carboxylic acids is 1. The van der Waals surface area contributed by atoms with Crippen LogP contribution in [0.2, 0.25) is 0 Å². The van der Waals surface area contributed by atoms with Crippen LogP contribution in [0.1, 0.15) is 35.7 Å². The van der Waals surface area contributed by atoms with E-state index in [0.29, 0.717) is 5.92 Å². The summed E-state index contributed by atoms with van der Waals surface area (Å²) < 4.78 is 1.03. The highest BCUT2D eigenvalue weighted by atomic mass is 79.9.